The van der Waals surface area contributed by atoms with E-state index in [1.165, 1.54) is 5.30 Å². The highest BCUT2D eigenvalue weighted by molar-refractivity contribution is 7.47. The van der Waals surface area contributed by atoms with Crippen LogP contribution in [0, 0.1) is 0 Å². The quantitative estimate of drug-likeness (QED) is 0.643. The van der Waals surface area contributed by atoms with Crippen molar-refractivity contribution in [1.29, 1.82) is 0 Å². The first-order chi connectivity index (χ1) is 4.93. The molecular weight excluding hydrogens is 143 g/mol. The fourth-order valence-corrected chi connectivity index (χ4v) is 1.58. The Balaban J connectivity index is 2.43. The minimum absolute atomic E-state index is 0.299. The van der Waals surface area contributed by atoms with Gasteiger partial charge in [-0.1, -0.05) is 38.9 Å². The van der Waals surface area contributed by atoms with Crippen LogP contribution in [0.4, 0.5) is 0 Å². The molecule has 10 heavy (non-hydrogen) atoms. The first-order valence-corrected chi connectivity index (χ1v) is 4.54. The molecule has 0 aliphatic heterocycles. The summed E-state index contributed by atoms with van der Waals surface area (Å²) in [5.74, 6) is 0. The minimum Gasteiger partial charge on any atom is -0.396 e. The van der Waals surface area contributed by atoms with Gasteiger partial charge in [-0.05, 0) is 11.5 Å². The molecule has 0 bridgehead atoms. The van der Waals surface area contributed by atoms with E-state index in [2.05, 4.69) is 12.1 Å². The molecule has 1 aromatic rings. The van der Waals surface area contributed by atoms with E-state index in [1.54, 1.807) is 0 Å². The highest BCUT2D eigenvalue weighted by atomic mass is 31.1. The van der Waals surface area contributed by atoms with Crippen molar-refractivity contribution in [2.45, 2.75) is 0 Å². The standard InChI is InChI=1S/C8H11OP/c9-6-7-10-8-4-2-1-3-5-8/h1-5,9-10H,6-7H2. The number of hydrogen-bond donors (Lipinski definition) is 1. The van der Waals surface area contributed by atoms with Crippen LogP contribution in [-0.2, 0) is 0 Å². The van der Waals surface area contributed by atoms with Gasteiger partial charge in [0.25, 0.3) is 0 Å². The third kappa shape index (κ3) is 2.47. The summed E-state index contributed by atoms with van der Waals surface area (Å²) in [7, 11) is 0.754. The lowest BCUT2D eigenvalue weighted by Gasteiger charge is -1.96. The van der Waals surface area contributed by atoms with Crippen molar-refractivity contribution in [3.05, 3.63) is 30.3 Å². The maximum Gasteiger partial charge on any atom is 0.0470 e. The summed E-state index contributed by atoms with van der Waals surface area (Å²) in [6.45, 7) is 0.299. The van der Waals surface area contributed by atoms with Gasteiger partial charge in [-0.3, -0.25) is 0 Å². The van der Waals surface area contributed by atoms with Crippen LogP contribution in [0.2, 0.25) is 0 Å². The zero-order valence-corrected chi connectivity index (χ0v) is 6.75. The second-order valence-corrected chi connectivity index (χ2v) is 3.45. The normalized spacial score (nSPS) is 10.9. The Labute approximate surface area is 62.9 Å². The Morgan fingerprint density at radius 1 is 1.20 bits per heavy atom. The van der Waals surface area contributed by atoms with Crippen molar-refractivity contribution < 1.29 is 5.11 Å². The Morgan fingerprint density at radius 3 is 2.50 bits per heavy atom. The summed E-state index contributed by atoms with van der Waals surface area (Å²) in [6.07, 6.45) is 0.893. The number of benzene rings is 1. The molecule has 1 unspecified atom stereocenters. The van der Waals surface area contributed by atoms with E-state index in [4.69, 9.17) is 5.11 Å². The molecule has 1 N–H and O–H groups in total. The molecule has 0 aromatic heterocycles. The van der Waals surface area contributed by atoms with Crippen LogP contribution < -0.4 is 5.30 Å². The molecule has 0 aliphatic carbocycles. The van der Waals surface area contributed by atoms with Gasteiger partial charge in [-0.15, -0.1) is 0 Å². The lowest BCUT2D eigenvalue weighted by atomic mass is 10.4. The molecule has 0 saturated heterocycles. The zero-order chi connectivity index (χ0) is 7.23. The van der Waals surface area contributed by atoms with Gasteiger partial charge < -0.3 is 5.11 Å². The van der Waals surface area contributed by atoms with Gasteiger partial charge in [-0.2, -0.15) is 0 Å². The van der Waals surface area contributed by atoms with Gasteiger partial charge >= 0.3 is 0 Å². The average molecular weight is 154 g/mol. The minimum atomic E-state index is 0.299. The molecule has 0 heterocycles. The first-order valence-electron chi connectivity index (χ1n) is 3.33. The Morgan fingerprint density at radius 2 is 1.90 bits per heavy atom. The van der Waals surface area contributed by atoms with E-state index in [-0.39, 0.29) is 0 Å². The van der Waals surface area contributed by atoms with Crippen LogP contribution >= 0.6 is 8.58 Å². The molecule has 1 aromatic carbocycles. The van der Waals surface area contributed by atoms with Gasteiger partial charge in [-0.25, -0.2) is 0 Å². The lowest BCUT2D eigenvalue weighted by Crippen LogP contribution is -1.95. The monoisotopic (exact) mass is 154 g/mol. The predicted molar refractivity (Wildman–Crippen MR) is 46.3 cm³/mol. The van der Waals surface area contributed by atoms with Crippen LogP contribution in [0.5, 0.6) is 0 Å². The van der Waals surface area contributed by atoms with Gasteiger partial charge in [0.05, 0.1) is 0 Å². The molecular formula is C8H11OP. The highest BCUT2D eigenvalue weighted by Gasteiger charge is 1.87. The molecule has 0 fully saturated rings. The molecule has 1 rings (SSSR count). The van der Waals surface area contributed by atoms with Crippen molar-refractivity contribution in [3.63, 3.8) is 0 Å². The van der Waals surface area contributed by atoms with Crippen molar-refractivity contribution in [1.82, 2.24) is 0 Å². The van der Waals surface area contributed by atoms with E-state index in [1.807, 2.05) is 18.2 Å². The topological polar surface area (TPSA) is 20.2 Å². The summed E-state index contributed by atoms with van der Waals surface area (Å²) in [5.41, 5.74) is 0. The summed E-state index contributed by atoms with van der Waals surface area (Å²) < 4.78 is 0. The highest BCUT2D eigenvalue weighted by Crippen LogP contribution is 2.07. The van der Waals surface area contributed by atoms with Crippen LogP contribution in [0.1, 0.15) is 0 Å². The fourth-order valence-electron chi connectivity index (χ4n) is 0.756. The smallest absolute Gasteiger partial charge is 0.0470 e. The Hall–Kier alpha value is -0.390. The van der Waals surface area contributed by atoms with Gasteiger partial charge in [0.1, 0.15) is 0 Å². The molecule has 54 valence electrons. The number of hydrogen-bond acceptors (Lipinski definition) is 1. The first kappa shape index (κ1) is 7.71. The van der Waals surface area contributed by atoms with Crippen LogP contribution in [0.25, 0.3) is 0 Å². The zero-order valence-electron chi connectivity index (χ0n) is 5.75. The van der Waals surface area contributed by atoms with E-state index >= 15 is 0 Å². The molecule has 2 heteroatoms. The van der Waals surface area contributed by atoms with E-state index < -0.39 is 0 Å². The molecule has 0 saturated carbocycles. The molecule has 1 atom stereocenters. The third-order valence-electron chi connectivity index (χ3n) is 1.21. The van der Waals surface area contributed by atoms with E-state index in [9.17, 15) is 0 Å². The predicted octanol–water partition coefficient (Wildman–Crippen LogP) is 0.983. The summed E-state index contributed by atoms with van der Waals surface area (Å²) in [4.78, 5) is 0. The van der Waals surface area contributed by atoms with Crippen molar-refractivity contribution >= 4 is 13.9 Å². The maximum atomic E-state index is 8.53. The van der Waals surface area contributed by atoms with E-state index in [0.29, 0.717) is 6.61 Å². The molecule has 0 amide bonds. The van der Waals surface area contributed by atoms with Crippen molar-refractivity contribution in [2.75, 3.05) is 12.8 Å². The van der Waals surface area contributed by atoms with Crippen LogP contribution in [-0.4, -0.2) is 17.9 Å². The number of aliphatic hydroxyl groups is 1. The SMILES string of the molecule is OCCPc1ccccc1. The van der Waals surface area contributed by atoms with Gasteiger partial charge in [0, 0.05) is 6.61 Å². The van der Waals surface area contributed by atoms with Crippen LogP contribution in [0.3, 0.4) is 0 Å². The largest absolute Gasteiger partial charge is 0.396 e. The second kappa shape index (κ2) is 4.43. The van der Waals surface area contributed by atoms with E-state index in [0.717, 1.165) is 14.7 Å². The molecule has 0 radical (unpaired) electrons. The Kier molecular flexibility index (Phi) is 3.42. The molecule has 0 spiro atoms. The fraction of sp³-hybridized carbons (Fsp3) is 0.250. The van der Waals surface area contributed by atoms with Gasteiger partial charge in [0.2, 0.25) is 0 Å². The summed E-state index contributed by atoms with van der Waals surface area (Å²) in [6, 6.07) is 10.2. The lowest BCUT2D eigenvalue weighted by molar-refractivity contribution is 0.322. The average Bonchev–Trinajstić information content (AvgIpc) is 2.03. The summed E-state index contributed by atoms with van der Waals surface area (Å²) in [5, 5.41) is 9.86. The third-order valence-corrected chi connectivity index (χ3v) is 2.43. The maximum absolute atomic E-state index is 8.53. The number of rotatable bonds is 3. The van der Waals surface area contributed by atoms with Crippen LogP contribution in [0.15, 0.2) is 30.3 Å². The number of aliphatic hydroxyl groups excluding tert-OH is 1. The Bertz CT molecular complexity index is 174. The molecule has 0 aliphatic rings. The summed E-state index contributed by atoms with van der Waals surface area (Å²) >= 11 is 0. The van der Waals surface area contributed by atoms with Crippen molar-refractivity contribution in [2.24, 2.45) is 0 Å². The molecule has 1 nitrogen and oxygen atoms in total. The van der Waals surface area contributed by atoms with Crippen molar-refractivity contribution in [3.8, 4) is 0 Å². The van der Waals surface area contributed by atoms with Gasteiger partial charge in [0.15, 0.2) is 0 Å². The second-order valence-electron chi connectivity index (χ2n) is 2.02.